The summed E-state index contributed by atoms with van der Waals surface area (Å²) in [6.45, 7) is 1.99. The number of rotatable bonds is 8. The van der Waals surface area contributed by atoms with E-state index in [0.29, 0.717) is 11.7 Å². The van der Waals surface area contributed by atoms with Gasteiger partial charge in [0.2, 0.25) is 0 Å². The first-order valence-electron chi connectivity index (χ1n) is 8.02. The molecule has 124 valence electrons. The van der Waals surface area contributed by atoms with Crippen molar-refractivity contribution in [1.29, 1.82) is 0 Å². The van der Waals surface area contributed by atoms with Crippen LogP contribution in [0, 0.1) is 0 Å². The van der Waals surface area contributed by atoms with Crippen LogP contribution in [0.4, 0.5) is 4.79 Å². The maximum atomic E-state index is 11.5. The Bertz CT molecular complexity index is 430. The van der Waals surface area contributed by atoms with Crippen molar-refractivity contribution in [3.63, 3.8) is 0 Å². The summed E-state index contributed by atoms with van der Waals surface area (Å²) < 4.78 is 4.76. The Balaban J connectivity index is 1.56. The monoisotopic (exact) mass is 328 g/mol. The van der Waals surface area contributed by atoms with Gasteiger partial charge in [0.15, 0.2) is 0 Å². The summed E-state index contributed by atoms with van der Waals surface area (Å²) in [4.78, 5) is 34.1. The molecule has 2 fully saturated rings. The fourth-order valence-electron chi connectivity index (χ4n) is 2.81. The summed E-state index contributed by atoms with van der Waals surface area (Å²) in [5, 5.41) is 6.27. The quantitative estimate of drug-likeness (QED) is 0.308. The molecule has 0 saturated carbocycles. The number of ether oxygens (including phenoxy) is 1. The van der Waals surface area contributed by atoms with Crippen LogP contribution in [0.3, 0.4) is 0 Å². The van der Waals surface area contributed by atoms with E-state index in [4.69, 9.17) is 4.74 Å². The van der Waals surface area contributed by atoms with E-state index in [1.165, 1.54) is 0 Å². The van der Waals surface area contributed by atoms with Crippen LogP contribution < -0.4 is 10.6 Å². The van der Waals surface area contributed by atoms with Crippen LogP contribution in [0.5, 0.6) is 0 Å². The molecule has 2 aliphatic heterocycles. The molecular weight excluding hydrogens is 304 g/mol. The minimum Gasteiger partial charge on any atom is -0.393 e. The number of unbranched alkanes of at least 4 members (excludes halogenated alkanes) is 2. The molecule has 0 unspecified atom stereocenters. The van der Waals surface area contributed by atoms with E-state index in [-0.39, 0.29) is 24.5 Å². The second-order valence-electron chi connectivity index (χ2n) is 5.82. The summed E-state index contributed by atoms with van der Waals surface area (Å²) in [6.07, 6.45) is 4.85. The van der Waals surface area contributed by atoms with Gasteiger partial charge in [0.25, 0.3) is 0 Å². The first kappa shape index (κ1) is 17.1. The Kier molecular flexibility index (Phi) is 6.54. The van der Waals surface area contributed by atoms with Gasteiger partial charge in [-0.15, -0.1) is 0 Å². The highest BCUT2D eigenvalue weighted by atomic mass is 32.2. The van der Waals surface area contributed by atoms with Crippen molar-refractivity contribution in [2.75, 3.05) is 5.75 Å². The molecule has 3 atom stereocenters. The van der Waals surface area contributed by atoms with Gasteiger partial charge in [-0.1, -0.05) is 19.8 Å². The SMILES string of the molecule is CCCCC(=O)OC(=O)CCCC[C@@H]1SC[C@@H]2NC(=O)N[C@@H]21. The number of amides is 2. The van der Waals surface area contributed by atoms with E-state index in [9.17, 15) is 14.4 Å². The molecule has 22 heavy (non-hydrogen) atoms. The summed E-state index contributed by atoms with van der Waals surface area (Å²) in [5.74, 6) is 0.108. The Morgan fingerprint density at radius 1 is 1.18 bits per heavy atom. The number of esters is 2. The summed E-state index contributed by atoms with van der Waals surface area (Å²) in [5.41, 5.74) is 0. The van der Waals surface area contributed by atoms with Gasteiger partial charge >= 0.3 is 18.0 Å². The second kappa shape index (κ2) is 8.41. The highest BCUT2D eigenvalue weighted by molar-refractivity contribution is 8.00. The van der Waals surface area contributed by atoms with E-state index in [1.54, 1.807) is 0 Å². The van der Waals surface area contributed by atoms with Gasteiger partial charge < -0.3 is 15.4 Å². The molecule has 2 aliphatic rings. The van der Waals surface area contributed by atoms with Crippen LogP contribution in [0.25, 0.3) is 0 Å². The molecule has 2 N–H and O–H groups in total. The first-order valence-corrected chi connectivity index (χ1v) is 9.07. The summed E-state index contributed by atoms with van der Waals surface area (Å²) >= 11 is 1.87. The van der Waals surface area contributed by atoms with Crippen molar-refractivity contribution in [3.8, 4) is 0 Å². The first-order chi connectivity index (χ1) is 10.6. The van der Waals surface area contributed by atoms with Crippen LogP contribution >= 0.6 is 11.8 Å². The molecule has 0 aliphatic carbocycles. The number of hydrogen-bond acceptors (Lipinski definition) is 5. The van der Waals surface area contributed by atoms with Crippen LogP contribution in [0.15, 0.2) is 0 Å². The summed E-state index contributed by atoms with van der Waals surface area (Å²) in [6, 6.07) is 0.373. The summed E-state index contributed by atoms with van der Waals surface area (Å²) in [7, 11) is 0. The third-order valence-corrected chi connectivity index (χ3v) is 5.53. The van der Waals surface area contributed by atoms with Crippen LogP contribution in [-0.4, -0.2) is 41.1 Å². The van der Waals surface area contributed by atoms with Gasteiger partial charge in [0.1, 0.15) is 0 Å². The third-order valence-electron chi connectivity index (χ3n) is 4.02. The standard InChI is InChI=1S/C15H24N2O4S/c1-2-3-7-12(18)21-13(19)8-5-4-6-11-14-10(9-22-11)16-15(20)17-14/h10-11,14H,2-9H2,1H3,(H2,16,17,20)/t10-,11-,14-/m0/s1. The Labute approximate surface area is 135 Å². The molecule has 0 aromatic heterocycles. The average molecular weight is 328 g/mol. The normalized spacial score (nSPS) is 26.2. The zero-order valence-corrected chi connectivity index (χ0v) is 13.7. The number of hydrogen-bond donors (Lipinski definition) is 2. The van der Waals surface area contributed by atoms with Gasteiger partial charge in [-0.05, 0) is 19.3 Å². The molecule has 7 heteroatoms. The molecule has 6 nitrogen and oxygen atoms in total. The van der Waals surface area contributed by atoms with Crippen molar-refractivity contribution < 1.29 is 19.1 Å². The van der Waals surface area contributed by atoms with E-state index in [0.717, 1.165) is 37.9 Å². The largest absolute Gasteiger partial charge is 0.393 e. The van der Waals surface area contributed by atoms with Crippen molar-refractivity contribution in [2.24, 2.45) is 0 Å². The molecule has 2 rings (SSSR count). The lowest BCUT2D eigenvalue weighted by Crippen LogP contribution is -2.36. The van der Waals surface area contributed by atoms with Gasteiger partial charge in [0, 0.05) is 23.8 Å². The molecule has 0 aromatic carbocycles. The maximum Gasteiger partial charge on any atom is 0.315 e. The lowest BCUT2D eigenvalue weighted by molar-refractivity contribution is -0.159. The van der Waals surface area contributed by atoms with E-state index in [1.807, 2.05) is 18.7 Å². The molecule has 0 spiro atoms. The Morgan fingerprint density at radius 2 is 1.91 bits per heavy atom. The van der Waals surface area contributed by atoms with Crippen LogP contribution in [0.1, 0.15) is 51.9 Å². The van der Waals surface area contributed by atoms with E-state index in [2.05, 4.69) is 10.6 Å². The van der Waals surface area contributed by atoms with Crippen LogP contribution in [0.2, 0.25) is 0 Å². The average Bonchev–Trinajstić information content (AvgIpc) is 3.01. The molecule has 0 aromatic rings. The Hall–Kier alpha value is -1.24. The van der Waals surface area contributed by atoms with Gasteiger partial charge in [-0.25, -0.2) is 4.79 Å². The third kappa shape index (κ3) is 4.90. The fourth-order valence-corrected chi connectivity index (χ4v) is 4.35. The molecule has 2 saturated heterocycles. The lowest BCUT2D eigenvalue weighted by Gasteiger charge is -2.16. The molecule has 0 radical (unpaired) electrons. The maximum absolute atomic E-state index is 11.5. The minimum atomic E-state index is -0.422. The van der Waals surface area contributed by atoms with Crippen molar-refractivity contribution in [3.05, 3.63) is 0 Å². The van der Waals surface area contributed by atoms with Crippen molar-refractivity contribution in [2.45, 2.75) is 69.2 Å². The highest BCUT2D eigenvalue weighted by Crippen LogP contribution is 2.33. The van der Waals surface area contributed by atoms with Crippen molar-refractivity contribution in [1.82, 2.24) is 10.6 Å². The number of carbonyl (C=O) groups is 3. The second-order valence-corrected chi connectivity index (χ2v) is 7.09. The minimum absolute atomic E-state index is 0.0746. The smallest absolute Gasteiger partial charge is 0.315 e. The predicted octanol–water partition coefficient (Wildman–Crippen LogP) is 1.97. The number of nitrogens with one attached hydrogen (secondary N) is 2. The van der Waals surface area contributed by atoms with Gasteiger partial charge in [-0.3, -0.25) is 9.59 Å². The molecular formula is C15H24N2O4S. The van der Waals surface area contributed by atoms with Crippen molar-refractivity contribution >= 4 is 29.7 Å². The lowest BCUT2D eigenvalue weighted by atomic mass is 10.0. The topological polar surface area (TPSA) is 84.5 Å². The van der Waals surface area contributed by atoms with E-state index >= 15 is 0 Å². The fraction of sp³-hybridized carbons (Fsp3) is 0.800. The van der Waals surface area contributed by atoms with Crippen LogP contribution in [-0.2, 0) is 14.3 Å². The number of carbonyl (C=O) groups excluding carboxylic acids is 3. The zero-order valence-electron chi connectivity index (χ0n) is 12.9. The molecule has 2 heterocycles. The molecule has 0 bridgehead atoms. The predicted molar refractivity (Wildman–Crippen MR) is 84.6 cm³/mol. The number of urea groups is 1. The highest BCUT2D eigenvalue weighted by Gasteiger charge is 2.42. The number of thioether (sulfide) groups is 1. The van der Waals surface area contributed by atoms with Gasteiger partial charge in [0.05, 0.1) is 12.1 Å². The van der Waals surface area contributed by atoms with Gasteiger partial charge in [-0.2, -0.15) is 11.8 Å². The molecule has 2 amide bonds. The Morgan fingerprint density at radius 3 is 2.64 bits per heavy atom. The van der Waals surface area contributed by atoms with E-state index < -0.39 is 11.9 Å². The number of fused-ring (bicyclic) bond motifs is 1. The zero-order chi connectivity index (χ0) is 15.9.